The molecule has 0 bridgehead atoms. The molecule has 12 aromatic rings. The molecule has 0 spiro atoms. The quantitative estimate of drug-likeness (QED) is 0.136. The van der Waals surface area contributed by atoms with Gasteiger partial charge in [0.15, 0.2) is 0 Å². The molecule has 2 nitrogen and oxygen atoms in total. The fourth-order valence-electron chi connectivity index (χ4n) is 9.19. The lowest BCUT2D eigenvalue weighted by atomic mass is 9.84. The van der Waals surface area contributed by atoms with Crippen LogP contribution in [-0.4, -0.2) is 4.57 Å². The number of hydrogen-bond donors (Lipinski definition) is 0. The second kappa shape index (κ2) is 10.3. The van der Waals surface area contributed by atoms with E-state index < -0.39 is 0 Å². The summed E-state index contributed by atoms with van der Waals surface area (Å²) in [6.45, 7) is 0. The molecule has 0 saturated carbocycles. The minimum absolute atomic E-state index is 0.936. The van der Waals surface area contributed by atoms with Crippen LogP contribution in [-0.2, 0) is 0 Å². The number of fused-ring (bicyclic) bond motifs is 7. The Morgan fingerprint density at radius 2 is 0.981 bits per heavy atom. The second-order valence-corrected chi connectivity index (χ2v) is 14.0. The highest BCUT2D eigenvalue weighted by molar-refractivity contribution is 6.29. The molecule has 12 rings (SSSR count). The van der Waals surface area contributed by atoms with E-state index in [2.05, 4.69) is 180 Å². The molecule has 0 N–H and O–H groups in total. The largest absolute Gasteiger partial charge is 0.456 e. The molecule has 2 heteroatoms. The summed E-state index contributed by atoms with van der Waals surface area (Å²) in [5, 5.41) is 14.8. The molecule has 2 heterocycles. The van der Waals surface area contributed by atoms with Crippen molar-refractivity contribution in [2.45, 2.75) is 0 Å². The van der Waals surface area contributed by atoms with Gasteiger partial charge >= 0.3 is 0 Å². The van der Waals surface area contributed by atoms with Gasteiger partial charge in [-0.15, -0.1) is 0 Å². The van der Waals surface area contributed by atoms with Crippen LogP contribution in [0.5, 0.6) is 0 Å². The van der Waals surface area contributed by atoms with Crippen LogP contribution in [0.25, 0.3) is 115 Å². The van der Waals surface area contributed by atoms with Crippen LogP contribution in [0.15, 0.2) is 180 Å². The van der Waals surface area contributed by atoms with Gasteiger partial charge in [-0.25, -0.2) is 0 Å². The van der Waals surface area contributed by atoms with Gasteiger partial charge in [0.25, 0.3) is 0 Å². The van der Waals surface area contributed by atoms with E-state index in [9.17, 15) is 0 Å². The van der Waals surface area contributed by atoms with Crippen LogP contribution in [0.1, 0.15) is 0 Å². The molecule has 240 valence electrons. The van der Waals surface area contributed by atoms with Crippen molar-refractivity contribution in [2.75, 3.05) is 0 Å². The molecule has 0 aliphatic carbocycles. The summed E-state index contributed by atoms with van der Waals surface area (Å²) in [6, 6.07) is 64.4. The van der Waals surface area contributed by atoms with Gasteiger partial charge in [0.1, 0.15) is 11.2 Å². The number of benzene rings is 10. The Hall–Kier alpha value is -6.90. The highest BCUT2D eigenvalue weighted by Crippen LogP contribution is 2.48. The Balaban J connectivity index is 1.16. The zero-order valence-corrected chi connectivity index (χ0v) is 28.1. The highest BCUT2D eigenvalue weighted by atomic mass is 16.3. The summed E-state index contributed by atoms with van der Waals surface area (Å²) in [6.07, 6.45) is 0. The van der Waals surface area contributed by atoms with Gasteiger partial charge in [-0.2, -0.15) is 0 Å². The second-order valence-electron chi connectivity index (χ2n) is 14.0. The molecule has 0 radical (unpaired) electrons. The van der Waals surface area contributed by atoms with Crippen molar-refractivity contribution in [3.63, 3.8) is 0 Å². The minimum Gasteiger partial charge on any atom is -0.456 e. The van der Waals surface area contributed by atoms with Gasteiger partial charge in [0.05, 0.1) is 11.0 Å². The molecule has 0 aliphatic heterocycles. The topological polar surface area (TPSA) is 18.1 Å². The Labute approximate surface area is 298 Å². The van der Waals surface area contributed by atoms with Crippen LogP contribution >= 0.6 is 0 Å². The predicted molar refractivity (Wildman–Crippen MR) is 220 cm³/mol. The molecule has 0 fully saturated rings. The van der Waals surface area contributed by atoms with E-state index in [1.54, 1.807) is 0 Å². The van der Waals surface area contributed by atoms with E-state index in [4.69, 9.17) is 4.42 Å². The van der Waals surface area contributed by atoms with E-state index in [1.165, 1.54) is 97.9 Å². The summed E-state index contributed by atoms with van der Waals surface area (Å²) in [4.78, 5) is 0. The lowest BCUT2D eigenvalue weighted by Crippen LogP contribution is -1.96. The fourth-order valence-corrected chi connectivity index (χ4v) is 9.19. The SMILES string of the molecule is c1cc(-c2c3ccccc3c(-c3ccc4oc5cccc6ccc3c4c65)c3ccccc23)cc(-n2c3ccccc3c3ccc4ccccc4c32)c1. The molecule has 0 saturated heterocycles. The third-order valence-corrected chi connectivity index (χ3v) is 11.3. The number of hydrogen-bond acceptors (Lipinski definition) is 1. The molecule has 52 heavy (non-hydrogen) atoms. The highest BCUT2D eigenvalue weighted by Gasteiger charge is 2.22. The maximum atomic E-state index is 6.37. The number of furan rings is 1. The van der Waals surface area contributed by atoms with Crippen molar-refractivity contribution in [3.8, 4) is 27.9 Å². The molecular weight excluding hydrogens is 631 g/mol. The molecule has 10 aromatic carbocycles. The number of nitrogens with zero attached hydrogens (tertiary/aromatic N) is 1. The van der Waals surface area contributed by atoms with Crippen molar-refractivity contribution in [1.82, 2.24) is 4.57 Å². The van der Waals surface area contributed by atoms with Crippen LogP contribution in [0, 0.1) is 0 Å². The van der Waals surface area contributed by atoms with E-state index in [-0.39, 0.29) is 0 Å². The van der Waals surface area contributed by atoms with Crippen molar-refractivity contribution in [1.29, 1.82) is 0 Å². The van der Waals surface area contributed by atoms with E-state index in [1.807, 2.05) is 0 Å². The maximum Gasteiger partial charge on any atom is 0.136 e. The van der Waals surface area contributed by atoms with Gasteiger partial charge in [0, 0.05) is 32.6 Å². The summed E-state index contributed by atoms with van der Waals surface area (Å²) in [5.41, 5.74) is 10.4. The molecule has 0 atom stereocenters. The lowest BCUT2D eigenvalue weighted by Gasteiger charge is -2.19. The number of aromatic nitrogens is 1. The standard InChI is InChI=1S/C50H29NO/c1-2-15-34-30(11-1)23-26-42-35-16-7-8-21-43(35)51(50(34)42)33-14-9-13-32(29-33)46-36-17-3-5-19-38(36)48(39-20-6-4-18-37(39)46)40-27-28-45-49-41(40)25-24-31-12-10-22-44(52-45)47(31)49/h1-29H. The summed E-state index contributed by atoms with van der Waals surface area (Å²) >= 11 is 0. The number of para-hydroxylation sites is 1. The van der Waals surface area contributed by atoms with E-state index in [0.717, 1.165) is 16.9 Å². The minimum atomic E-state index is 0.936. The average molecular weight is 660 g/mol. The zero-order chi connectivity index (χ0) is 33.9. The normalized spacial score (nSPS) is 12.2. The third-order valence-electron chi connectivity index (χ3n) is 11.3. The van der Waals surface area contributed by atoms with Gasteiger partial charge in [0.2, 0.25) is 0 Å². The van der Waals surface area contributed by atoms with Gasteiger partial charge < -0.3 is 8.98 Å². The first kappa shape index (κ1) is 27.9. The lowest BCUT2D eigenvalue weighted by molar-refractivity contribution is 0.669. The molecule has 0 amide bonds. The van der Waals surface area contributed by atoms with Crippen LogP contribution in [0.2, 0.25) is 0 Å². The Morgan fingerprint density at radius 1 is 0.365 bits per heavy atom. The van der Waals surface area contributed by atoms with Crippen molar-refractivity contribution in [3.05, 3.63) is 176 Å². The summed E-state index contributed by atoms with van der Waals surface area (Å²) in [7, 11) is 0. The van der Waals surface area contributed by atoms with Gasteiger partial charge in [-0.05, 0) is 96.4 Å². The summed E-state index contributed by atoms with van der Waals surface area (Å²) < 4.78 is 8.84. The van der Waals surface area contributed by atoms with Crippen molar-refractivity contribution in [2.24, 2.45) is 0 Å². The van der Waals surface area contributed by atoms with Gasteiger partial charge in [-0.1, -0.05) is 140 Å². The van der Waals surface area contributed by atoms with Crippen LogP contribution in [0.3, 0.4) is 0 Å². The van der Waals surface area contributed by atoms with Crippen LogP contribution in [0.4, 0.5) is 0 Å². The number of rotatable bonds is 3. The third kappa shape index (κ3) is 3.68. The smallest absolute Gasteiger partial charge is 0.136 e. The molecule has 0 unspecified atom stereocenters. The molecule has 0 aliphatic rings. The van der Waals surface area contributed by atoms with Crippen molar-refractivity contribution < 1.29 is 4.42 Å². The Kier molecular flexibility index (Phi) is 5.53. The predicted octanol–water partition coefficient (Wildman–Crippen LogP) is 14.1. The zero-order valence-electron chi connectivity index (χ0n) is 28.1. The fraction of sp³-hybridized carbons (Fsp3) is 0. The van der Waals surface area contributed by atoms with E-state index in [0.29, 0.717) is 0 Å². The van der Waals surface area contributed by atoms with Gasteiger partial charge in [-0.3, -0.25) is 0 Å². The maximum absolute atomic E-state index is 6.37. The first-order chi connectivity index (χ1) is 25.8. The molecular formula is C50H29NO. The van der Waals surface area contributed by atoms with E-state index >= 15 is 0 Å². The first-order valence-corrected chi connectivity index (χ1v) is 17.9. The van der Waals surface area contributed by atoms with Crippen molar-refractivity contribution >= 4 is 86.8 Å². The van der Waals surface area contributed by atoms with Crippen LogP contribution < -0.4 is 0 Å². The first-order valence-electron chi connectivity index (χ1n) is 17.9. The average Bonchev–Trinajstić information content (AvgIpc) is 3.76. The molecule has 2 aromatic heterocycles. The monoisotopic (exact) mass is 659 g/mol. The Bertz CT molecular complexity index is 3360. The summed E-state index contributed by atoms with van der Waals surface area (Å²) in [5.74, 6) is 0. The Morgan fingerprint density at radius 3 is 1.79 bits per heavy atom.